The molecule has 0 saturated carbocycles. The fourth-order valence-corrected chi connectivity index (χ4v) is 2.79. The average Bonchev–Trinajstić information content (AvgIpc) is 2.73. The molecule has 0 saturated heterocycles. The molecule has 2 aromatic rings. The van der Waals surface area contributed by atoms with Crippen LogP contribution in [0.2, 0.25) is 0 Å². The number of ether oxygens (including phenoxy) is 1. The number of carbonyl (C=O) groups is 3. The van der Waals surface area contributed by atoms with Gasteiger partial charge in [-0.15, -0.1) is 0 Å². The first kappa shape index (κ1) is 21.9. The number of hydrogen-bond donors (Lipinski definition) is 3. The summed E-state index contributed by atoms with van der Waals surface area (Å²) in [5, 5.41) is 14.5. The predicted molar refractivity (Wildman–Crippen MR) is 108 cm³/mol. The van der Waals surface area contributed by atoms with Crippen molar-refractivity contribution in [2.45, 2.75) is 44.9 Å². The van der Waals surface area contributed by atoms with Gasteiger partial charge >= 0.3 is 12.1 Å². The number of rotatable bonds is 10. The monoisotopic (exact) mass is 398 g/mol. The Labute approximate surface area is 170 Å². The predicted octanol–water partition coefficient (Wildman–Crippen LogP) is 2.89. The third kappa shape index (κ3) is 7.65. The molecule has 154 valence electrons. The molecule has 7 heteroatoms. The highest BCUT2D eigenvalue weighted by molar-refractivity contribution is 5.89. The molecule has 0 aromatic heterocycles. The van der Waals surface area contributed by atoms with Gasteiger partial charge in [0.1, 0.15) is 18.7 Å². The van der Waals surface area contributed by atoms with Gasteiger partial charge in [0, 0.05) is 6.42 Å². The molecule has 0 aliphatic heterocycles. The van der Waals surface area contributed by atoms with Gasteiger partial charge in [-0.2, -0.15) is 0 Å². The molecule has 0 aliphatic rings. The maximum Gasteiger partial charge on any atom is 0.408 e. The Balaban J connectivity index is 1.93. The fourth-order valence-electron chi connectivity index (χ4n) is 2.79. The Morgan fingerprint density at radius 1 is 0.897 bits per heavy atom. The Bertz CT molecular complexity index is 795. The van der Waals surface area contributed by atoms with Crippen molar-refractivity contribution >= 4 is 18.0 Å². The first-order valence-electron chi connectivity index (χ1n) is 9.54. The van der Waals surface area contributed by atoms with E-state index in [9.17, 15) is 19.5 Å². The number of carbonyl (C=O) groups excluding carboxylic acids is 2. The van der Waals surface area contributed by atoms with E-state index in [0.717, 1.165) is 11.1 Å². The maximum absolute atomic E-state index is 12.6. The summed E-state index contributed by atoms with van der Waals surface area (Å²) in [5.41, 5.74) is 1.62. The van der Waals surface area contributed by atoms with E-state index >= 15 is 0 Å². The highest BCUT2D eigenvalue weighted by Crippen LogP contribution is 2.06. The first-order valence-corrected chi connectivity index (χ1v) is 9.54. The Kier molecular flexibility index (Phi) is 8.69. The summed E-state index contributed by atoms with van der Waals surface area (Å²) in [6, 6.07) is 16.3. The number of amides is 2. The molecule has 7 nitrogen and oxygen atoms in total. The molecule has 0 aliphatic carbocycles. The lowest BCUT2D eigenvalue weighted by molar-refractivity contribution is -0.142. The van der Waals surface area contributed by atoms with Gasteiger partial charge in [0.05, 0.1) is 0 Å². The largest absolute Gasteiger partial charge is 0.480 e. The molecule has 0 spiro atoms. The van der Waals surface area contributed by atoms with Gasteiger partial charge in [-0.1, -0.05) is 74.0 Å². The number of carboxylic acid groups (broad SMARTS) is 1. The van der Waals surface area contributed by atoms with Gasteiger partial charge in [-0.3, -0.25) is 4.79 Å². The third-order valence-corrected chi connectivity index (χ3v) is 4.30. The zero-order valence-electron chi connectivity index (χ0n) is 16.3. The van der Waals surface area contributed by atoms with E-state index in [1.54, 1.807) is 24.3 Å². The van der Waals surface area contributed by atoms with Gasteiger partial charge in [-0.25, -0.2) is 9.59 Å². The molecular formula is C22H26N2O5. The van der Waals surface area contributed by atoms with Crippen molar-refractivity contribution in [3.63, 3.8) is 0 Å². The van der Waals surface area contributed by atoms with Crippen molar-refractivity contribution in [3.05, 3.63) is 71.8 Å². The van der Waals surface area contributed by atoms with Crippen LogP contribution in [0.3, 0.4) is 0 Å². The Morgan fingerprint density at radius 2 is 1.48 bits per heavy atom. The lowest BCUT2D eigenvalue weighted by Gasteiger charge is -2.21. The van der Waals surface area contributed by atoms with Gasteiger partial charge in [0.2, 0.25) is 5.91 Å². The van der Waals surface area contributed by atoms with E-state index in [-0.39, 0.29) is 13.0 Å². The highest BCUT2D eigenvalue weighted by Gasteiger charge is 2.26. The van der Waals surface area contributed by atoms with Crippen LogP contribution < -0.4 is 10.6 Å². The molecule has 3 N–H and O–H groups in total. The van der Waals surface area contributed by atoms with Crippen molar-refractivity contribution in [1.82, 2.24) is 10.6 Å². The summed E-state index contributed by atoms with van der Waals surface area (Å²) < 4.78 is 5.16. The van der Waals surface area contributed by atoms with Gasteiger partial charge < -0.3 is 20.5 Å². The summed E-state index contributed by atoms with van der Waals surface area (Å²) in [6.07, 6.45) is 0.425. The van der Waals surface area contributed by atoms with Crippen LogP contribution in [0.5, 0.6) is 0 Å². The number of aliphatic carboxylic acids is 1. The van der Waals surface area contributed by atoms with Crippen molar-refractivity contribution in [1.29, 1.82) is 0 Å². The number of nitrogens with one attached hydrogen (secondary N) is 2. The van der Waals surface area contributed by atoms with Gasteiger partial charge in [0.25, 0.3) is 0 Å². The van der Waals surface area contributed by atoms with E-state index < -0.39 is 30.1 Å². The number of alkyl carbamates (subject to hydrolysis) is 1. The normalized spacial score (nSPS) is 12.4. The molecule has 2 atom stereocenters. The van der Waals surface area contributed by atoms with Crippen molar-refractivity contribution < 1.29 is 24.2 Å². The minimum atomic E-state index is -1.14. The second-order valence-corrected chi connectivity index (χ2v) is 6.64. The van der Waals surface area contributed by atoms with Crippen molar-refractivity contribution in [2.75, 3.05) is 0 Å². The summed E-state index contributed by atoms with van der Waals surface area (Å²) in [6.45, 7) is 1.95. The van der Waals surface area contributed by atoms with Crippen LogP contribution in [0.1, 0.15) is 30.9 Å². The van der Waals surface area contributed by atoms with Gasteiger partial charge in [0.15, 0.2) is 0 Å². The van der Waals surface area contributed by atoms with Crippen LogP contribution >= 0.6 is 0 Å². The Morgan fingerprint density at radius 3 is 2.03 bits per heavy atom. The number of benzene rings is 2. The zero-order chi connectivity index (χ0) is 21.1. The molecule has 0 radical (unpaired) electrons. The smallest absolute Gasteiger partial charge is 0.408 e. The highest BCUT2D eigenvalue weighted by atomic mass is 16.5. The topological polar surface area (TPSA) is 105 Å². The quantitative estimate of drug-likeness (QED) is 0.571. The van der Waals surface area contributed by atoms with Crippen LogP contribution in [0.25, 0.3) is 0 Å². The molecule has 29 heavy (non-hydrogen) atoms. The first-order chi connectivity index (χ1) is 14.0. The third-order valence-electron chi connectivity index (χ3n) is 4.30. The average molecular weight is 398 g/mol. The molecular weight excluding hydrogens is 372 g/mol. The van der Waals surface area contributed by atoms with Gasteiger partial charge in [-0.05, 0) is 17.5 Å². The minimum Gasteiger partial charge on any atom is -0.480 e. The number of carboxylic acids is 1. The zero-order valence-corrected chi connectivity index (χ0v) is 16.3. The molecule has 0 fully saturated rings. The molecule has 2 rings (SSSR count). The van der Waals surface area contributed by atoms with Crippen molar-refractivity contribution in [2.24, 2.45) is 0 Å². The molecule has 1 unspecified atom stereocenters. The van der Waals surface area contributed by atoms with Crippen LogP contribution in [-0.2, 0) is 27.4 Å². The van der Waals surface area contributed by atoms with Crippen LogP contribution in [-0.4, -0.2) is 35.2 Å². The minimum absolute atomic E-state index is 0.0822. The van der Waals surface area contributed by atoms with E-state index in [1.807, 2.05) is 43.3 Å². The SMILES string of the molecule is CCCC(NC(=O)OCc1ccccc1)C(=O)N[C@@H](Cc1ccccc1)C(=O)O. The van der Waals surface area contributed by atoms with Crippen LogP contribution in [0.15, 0.2) is 60.7 Å². The number of hydrogen-bond acceptors (Lipinski definition) is 4. The van der Waals surface area contributed by atoms with E-state index in [1.165, 1.54) is 0 Å². The summed E-state index contributed by atoms with van der Waals surface area (Å²) in [7, 11) is 0. The van der Waals surface area contributed by atoms with Crippen LogP contribution in [0, 0.1) is 0 Å². The summed E-state index contributed by atoms with van der Waals surface area (Å²) >= 11 is 0. The van der Waals surface area contributed by atoms with Crippen LogP contribution in [0.4, 0.5) is 4.79 Å². The fraction of sp³-hybridized carbons (Fsp3) is 0.318. The van der Waals surface area contributed by atoms with E-state index in [4.69, 9.17) is 4.74 Å². The van der Waals surface area contributed by atoms with E-state index in [0.29, 0.717) is 12.8 Å². The molecule has 0 heterocycles. The van der Waals surface area contributed by atoms with E-state index in [2.05, 4.69) is 10.6 Å². The second kappa shape index (κ2) is 11.5. The molecule has 2 amide bonds. The second-order valence-electron chi connectivity index (χ2n) is 6.64. The summed E-state index contributed by atoms with van der Waals surface area (Å²) in [5.74, 6) is -1.68. The Hall–Kier alpha value is -3.35. The van der Waals surface area contributed by atoms with Crippen molar-refractivity contribution in [3.8, 4) is 0 Å². The lowest BCUT2D eigenvalue weighted by atomic mass is 10.0. The summed E-state index contributed by atoms with van der Waals surface area (Å²) in [4.78, 5) is 36.3. The maximum atomic E-state index is 12.6. The molecule has 0 bridgehead atoms. The standard InChI is InChI=1S/C22H26N2O5/c1-2-9-18(24-22(28)29-15-17-12-7-4-8-13-17)20(25)23-19(21(26)27)14-16-10-5-3-6-11-16/h3-8,10-13,18-19H,2,9,14-15H2,1H3,(H,23,25)(H,24,28)(H,26,27)/t18?,19-/m0/s1. The molecule has 2 aromatic carbocycles. The lowest BCUT2D eigenvalue weighted by Crippen LogP contribution is -2.52.